The van der Waals surface area contributed by atoms with Crippen molar-refractivity contribution in [2.24, 2.45) is 11.3 Å². The summed E-state index contributed by atoms with van der Waals surface area (Å²) in [5.74, 6) is 4.91. The SMILES string of the molecule is CC.CC(C)(C)C(=O)OC1CN(N)N(C(=O)Cc2ccc(F)cc2)C1. The summed E-state index contributed by atoms with van der Waals surface area (Å²) in [6.07, 6.45) is -0.350. The Morgan fingerprint density at radius 1 is 1.20 bits per heavy atom. The topological polar surface area (TPSA) is 75.9 Å². The van der Waals surface area contributed by atoms with Crippen LogP contribution in [0.25, 0.3) is 0 Å². The first kappa shape index (κ1) is 21.1. The van der Waals surface area contributed by atoms with Gasteiger partial charge in [0.15, 0.2) is 0 Å². The van der Waals surface area contributed by atoms with Crippen LogP contribution in [0.1, 0.15) is 40.2 Å². The Balaban J connectivity index is 0.00000151. The lowest BCUT2D eigenvalue weighted by Crippen LogP contribution is -2.46. The number of hydrazine groups is 2. The fourth-order valence-electron chi connectivity index (χ4n) is 2.18. The maximum absolute atomic E-state index is 12.9. The van der Waals surface area contributed by atoms with E-state index in [4.69, 9.17) is 10.6 Å². The Labute approximate surface area is 148 Å². The van der Waals surface area contributed by atoms with Crippen LogP contribution < -0.4 is 5.84 Å². The van der Waals surface area contributed by atoms with E-state index in [1.807, 2.05) is 13.8 Å². The van der Waals surface area contributed by atoms with Crippen molar-refractivity contribution in [3.05, 3.63) is 35.6 Å². The van der Waals surface area contributed by atoms with E-state index in [9.17, 15) is 14.0 Å². The smallest absolute Gasteiger partial charge is 0.311 e. The van der Waals surface area contributed by atoms with E-state index in [0.29, 0.717) is 5.56 Å². The predicted molar refractivity (Wildman–Crippen MR) is 93.4 cm³/mol. The van der Waals surface area contributed by atoms with Crippen LogP contribution in [0, 0.1) is 11.2 Å². The molecule has 2 rings (SSSR count). The number of esters is 1. The zero-order valence-electron chi connectivity index (χ0n) is 15.6. The average Bonchev–Trinajstić information content (AvgIpc) is 2.91. The number of carbonyl (C=O) groups excluding carboxylic acids is 2. The molecule has 140 valence electrons. The Bertz CT molecular complexity index is 584. The molecule has 0 radical (unpaired) electrons. The predicted octanol–water partition coefficient (Wildman–Crippen LogP) is 2.29. The monoisotopic (exact) mass is 353 g/mol. The zero-order valence-corrected chi connectivity index (χ0v) is 15.6. The summed E-state index contributed by atoms with van der Waals surface area (Å²) in [7, 11) is 0. The van der Waals surface area contributed by atoms with Crippen molar-refractivity contribution in [1.82, 2.24) is 10.1 Å². The van der Waals surface area contributed by atoms with Crippen LogP contribution >= 0.6 is 0 Å². The summed E-state index contributed by atoms with van der Waals surface area (Å²) in [4.78, 5) is 24.2. The average molecular weight is 353 g/mol. The molecule has 1 saturated heterocycles. The molecule has 1 unspecified atom stereocenters. The number of amides is 1. The van der Waals surface area contributed by atoms with Crippen molar-refractivity contribution >= 4 is 11.9 Å². The lowest BCUT2D eigenvalue weighted by Gasteiger charge is -2.22. The quantitative estimate of drug-likeness (QED) is 0.666. The third kappa shape index (κ3) is 6.10. The minimum atomic E-state index is -0.606. The molecule has 2 N–H and O–H groups in total. The first-order valence-corrected chi connectivity index (χ1v) is 8.45. The molecular formula is C18H28FN3O3. The molecule has 0 saturated carbocycles. The van der Waals surface area contributed by atoms with Crippen LogP contribution in [0.5, 0.6) is 0 Å². The van der Waals surface area contributed by atoms with Crippen LogP contribution in [0.3, 0.4) is 0 Å². The molecule has 0 bridgehead atoms. The van der Waals surface area contributed by atoms with Crippen molar-refractivity contribution in [2.45, 2.75) is 47.1 Å². The summed E-state index contributed by atoms with van der Waals surface area (Å²) < 4.78 is 18.3. The second-order valence-electron chi connectivity index (χ2n) is 6.68. The summed E-state index contributed by atoms with van der Waals surface area (Å²) >= 11 is 0. The number of benzene rings is 1. The van der Waals surface area contributed by atoms with Gasteiger partial charge in [-0.15, -0.1) is 0 Å². The molecule has 0 aromatic heterocycles. The Hall–Kier alpha value is -1.99. The maximum Gasteiger partial charge on any atom is 0.311 e. The van der Waals surface area contributed by atoms with Crippen molar-refractivity contribution < 1.29 is 18.7 Å². The van der Waals surface area contributed by atoms with E-state index in [1.54, 1.807) is 32.9 Å². The van der Waals surface area contributed by atoms with E-state index in [1.165, 1.54) is 22.3 Å². The molecular weight excluding hydrogens is 325 g/mol. The van der Waals surface area contributed by atoms with Gasteiger partial charge in [0.1, 0.15) is 11.9 Å². The minimum absolute atomic E-state index is 0.105. The van der Waals surface area contributed by atoms with Crippen molar-refractivity contribution in [1.29, 1.82) is 0 Å². The van der Waals surface area contributed by atoms with Crippen molar-refractivity contribution in [3.8, 4) is 0 Å². The number of ether oxygens (including phenoxy) is 1. The Morgan fingerprint density at radius 2 is 1.76 bits per heavy atom. The number of rotatable bonds is 3. The number of hydrogen-bond acceptors (Lipinski definition) is 5. The van der Waals surface area contributed by atoms with Crippen LogP contribution in [0.2, 0.25) is 0 Å². The second-order valence-corrected chi connectivity index (χ2v) is 6.68. The van der Waals surface area contributed by atoms with E-state index in [-0.39, 0.29) is 37.2 Å². The summed E-state index contributed by atoms with van der Waals surface area (Å²) in [5.41, 5.74) is 0.0882. The fraction of sp³-hybridized carbons (Fsp3) is 0.556. The molecule has 1 aromatic carbocycles. The highest BCUT2D eigenvalue weighted by atomic mass is 19.1. The highest BCUT2D eigenvalue weighted by molar-refractivity contribution is 5.79. The number of halogens is 1. The molecule has 1 aliphatic heterocycles. The van der Waals surface area contributed by atoms with Gasteiger partial charge in [-0.3, -0.25) is 20.4 Å². The van der Waals surface area contributed by atoms with E-state index >= 15 is 0 Å². The van der Waals surface area contributed by atoms with Crippen molar-refractivity contribution in [2.75, 3.05) is 13.1 Å². The molecule has 1 amide bonds. The van der Waals surface area contributed by atoms with Gasteiger partial charge >= 0.3 is 5.97 Å². The van der Waals surface area contributed by atoms with Gasteiger partial charge in [0, 0.05) is 0 Å². The van der Waals surface area contributed by atoms with Crippen LogP contribution in [0.15, 0.2) is 24.3 Å². The van der Waals surface area contributed by atoms with E-state index < -0.39 is 11.5 Å². The van der Waals surface area contributed by atoms with Crippen LogP contribution in [0.4, 0.5) is 4.39 Å². The second kappa shape index (κ2) is 8.92. The van der Waals surface area contributed by atoms with Crippen LogP contribution in [-0.4, -0.2) is 41.2 Å². The number of carbonyl (C=O) groups is 2. The fourth-order valence-corrected chi connectivity index (χ4v) is 2.18. The normalized spacial score (nSPS) is 17.7. The van der Waals surface area contributed by atoms with Gasteiger partial charge in [0.25, 0.3) is 0 Å². The first-order chi connectivity index (χ1) is 11.7. The molecule has 1 aromatic rings. The first-order valence-electron chi connectivity index (χ1n) is 8.45. The standard InChI is InChI=1S/C16H22FN3O3.C2H6/c1-16(2,3)15(22)23-13-9-19(20(18)10-13)14(21)8-11-4-6-12(17)7-5-11;1-2/h4-7,13H,8-10,18H2,1-3H3;1-2H3. The highest BCUT2D eigenvalue weighted by Crippen LogP contribution is 2.19. The van der Waals surface area contributed by atoms with Gasteiger partial charge in [-0.1, -0.05) is 26.0 Å². The maximum atomic E-state index is 12.9. The molecule has 1 fully saturated rings. The highest BCUT2D eigenvalue weighted by Gasteiger charge is 2.36. The molecule has 0 aliphatic carbocycles. The van der Waals surface area contributed by atoms with Gasteiger partial charge in [0.2, 0.25) is 5.91 Å². The molecule has 0 spiro atoms. The van der Waals surface area contributed by atoms with Gasteiger partial charge in [0.05, 0.1) is 24.9 Å². The van der Waals surface area contributed by atoms with Crippen LogP contribution in [-0.2, 0) is 20.7 Å². The minimum Gasteiger partial charge on any atom is -0.459 e. The summed E-state index contributed by atoms with van der Waals surface area (Å²) in [6, 6.07) is 5.73. The van der Waals surface area contributed by atoms with Gasteiger partial charge in [-0.2, -0.15) is 5.12 Å². The molecule has 7 heteroatoms. The van der Waals surface area contributed by atoms with Gasteiger partial charge in [-0.05, 0) is 38.5 Å². The lowest BCUT2D eigenvalue weighted by molar-refractivity contribution is -0.157. The van der Waals surface area contributed by atoms with E-state index in [2.05, 4.69) is 0 Å². The molecule has 6 nitrogen and oxygen atoms in total. The largest absolute Gasteiger partial charge is 0.459 e. The Kier molecular flexibility index (Phi) is 7.51. The molecule has 1 heterocycles. The number of nitrogens with two attached hydrogens (primary N) is 1. The van der Waals surface area contributed by atoms with Gasteiger partial charge in [-0.25, -0.2) is 4.39 Å². The summed E-state index contributed by atoms with van der Waals surface area (Å²) in [5, 5.41) is 2.61. The zero-order chi connectivity index (χ0) is 19.2. The Morgan fingerprint density at radius 3 is 2.28 bits per heavy atom. The number of nitrogens with zero attached hydrogens (tertiary/aromatic N) is 2. The third-order valence-corrected chi connectivity index (χ3v) is 3.52. The van der Waals surface area contributed by atoms with Crippen molar-refractivity contribution in [3.63, 3.8) is 0 Å². The lowest BCUT2D eigenvalue weighted by atomic mass is 9.97. The molecule has 25 heavy (non-hydrogen) atoms. The number of hydrogen-bond donors (Lipinski definition) is 1. The summed E-state index contributed by atoms with van der Waals surface area (Å²) in [6.45, 7) is 9.78. The third-order valence-electron chi connectivity index (χ3n) is 3.52. The van der Waals surface area contributed by atoms with Gasteiger partial charge < -0.3 is 4.74 Å². The van der Waals surface area contributed by atoms with E-state index in [0.717, 1.165) is 0 Å². The molecule has 1 aliphatic rings. The molecule has 1 atom stereocenters.